The zero-order chi connectivity index (χ0) is 4.50. The van der Waals surface area contributed by atoms with Crippen LogP contribution in [0.1, 0.15) is 0 Å². The van der Waals surface area contributed by atoms with Crippen LogP contribution in [0.2, 0.25) is 0 Å². The first-order chi connectivity index (χ1) is 2.00. The predicted octanol–water partition coefficient (Wildman–Crippen LogP) is -4.03. The Labute approximate surface area is 88.3 Å². The van der Waals surface area contributed by atoms with Crippen molar-refractivity contribution in [3.8, 4) is 0 Å². The molecule has 0 aliphatic carbocycles. The molecule has 7 heteroatoms. The van der Waals surface area contributed by atoms with Crippen LogP contribution >= 0.6 is 0 Å². The molecule has 0 aliphatic rings. The molecule has 0 spiro atoms. The van der Waals surface area contributed by atoms with Crippen LogP contribution in [-0.4, -0.2) is 55.3 Å². The Morgan fingerprint density at radius 1 is 1.14 bits per heavy atom. The first kappa shape index (κ1) is 15.9. The Kier molecular flexibility index (Phi) is 13.6. The maximum atomic E-state index is 8.74. The van der Waals surface area contributed by atoms with Gasteiger partial charge >= 0.3 is 72.1 Å². The van der Waals surface area contributed by atoms with Crippen molar-refractivity contribution < 1.29 is 41.5 Å². The zero-order valence-corrected chi connectivity index (χ0v) is 8.39. The summed E-state index contributed by atoms with van der Waals surface area (Å²) in [5.41, 5.74) is 0. The molecule has 2 radical (unpaired) electrons. The van der Waals surface area contributed by atoms with E-state index >= 15 is 0 Å². The molecule has 0 aliphatic heterocycles. The summed E-state index contributed by atoms with van der Waals surface area (Å²) < 4.78 is 31.6. The minimum atomic E-state index is -4.67. The molecule has 38 valence electrons. The van der Waals surface area contributed by atoms with Crippen LogP contribution in [0.15, 0.2) is 0 Å². The van der Waals surface area contributed by atoms with Crippen LogP contribution in [0.4, 0.5) is 0 Å². The fraction of sp³-hybridized carbons (Fsp3) is 0. The van der Waals surface area contributed by atoms with Crippen molar-refractivity contribution in [2.24, 2.45) is 0 Å². The van der Waals surface area contributed by atoms with Gasteiger partial charge in [0, 0.05) is 0 Å². The number of rotatable bonds is 0. The van der Waals surface area contributed by atoms with Crippen LogP contribution in [0.25, 0.3) is 0 Å². The average Bonchev–Trinajstić information content (AvgIpc) is 0.722. The molecule has 0 saturated heterocycles. The van der Waals surface area contributed by atoms with Crippen LogP contribution in [0.3, 0.4) is 0 Å². The number of hydrogen-bond acceptors (Lipinski definition) is 2. The molecule has 0 aromatic rings. The van der Waals surface area contributed by atoms with E-state index in [1.54, 1.807) is 0 Å². The molecule has 4 nitrogen and oxygen atoms in total. The van der Waals surface area contributed by atoms with Crippen molar-refractivity contribution >= 4 is 48.1 Å². The van der Waals surface area contributed by atoms with E-state index in [0.29, 0.717) is 0 Å². The largest absolute Gasteiger partial charge is 2.00 e. The van der Waals surface area contributed by atoms with Gasteiger partial charge in [0.1, 0.15) is 0 Å². The Bertz CT molecular complexity index is 94.9. The molecule has 0 unspecified atom stereocenters. The van der Waals surface area contributed by atoms with E-state index in [1.165, 1.54) is 0 Å². The normalized spacial score (nSPS) is 8.29. The van der Waals surface area contributed by atoms with E-state index in [-0.39, 0.29) is 61.7 Å². The summed E-state index contributed by atoms with van der Waals surface area (Å²) in [6.45, 7) is 0. The van der Waals surface area contributed by atoms with Crippen molar-refractivity contribution in [3.05, 3.63) is 0 Å². The Hall–Kier alpha value is 1.86. The van der Waals surface area contributed by atoms with Crippen molar-refractivity contribution in [1.82, 2.24) is 0 Å². The number of halogens is 1. The van der Waals surface area contributed by atoms with E-state index in [2.05, 4.69) is 0 Å². The maximum absolute atomic E-state index is 8.74. The molecule has 0 fully saturated rings. The fourth-order valence-electron chi connectivity index (χ4n) is 0. The van der Waals surface area contributed by atoms with E-state index in [1.807, 2.05) is 0 Å². The maximum Gasteiger partial charge on any atom is 2.00 e. The Morgan fingerprint density at radius 3 is 1.14 bits per heavy atom. The van der Waals surface area contributed by atoms with Gasteiger partial charge in [-0.2, -0.15) is 8.42 Å². The van der Waals surface area contributed by atoms with E-state index < -0.39 is 10.4 Å². The van der Waals surface area contributed by atoms with Gasteiger partial charge in [-0.3, -0.25) is 9.11 Å². The molecule has 0 amide bonds. The molecule has 2 N–H and O–H groups in total. The van der Waals surface area contributed by atoms with E-state index in [0.717, 1.165) is 0 Å². The van der Waals surface area contributed by atoms with E-state index in [4.69, 9.17) is 17.5 Å². The third kappa shape index (κ3) is 78.0. The molecule has 0 heterocycles. The van der Waals surface area contributed by atoms with Crippen molar-refractivity contribution in [3.63, 3.8) is 0 Å². The van der Waals surface area contributed by atoms with Crippen LogP contribution in [0.5, 0.6) is 0 Å². The zero-order valence-electron chi connectivity index (χ0n) is 3.20. The smallest absolute Gasteiger partial charge is 0.264 e. The summed E-state index contributed by atoms with van der Waals surface area (Å²) in [7, 11) is -4.67. The molecule has 0 saturated carbocycles. The monoisotopic (exact) mass is 265 g/mol. The SMILES string of the molecule is O=S(=O)(O)O.[Ca+2].[I+]. The van der Waals surface area contributed by atoms with Gasteiger partial charge in [-0.1, -0.05) is 0 Å². The predicted molar refractivity (Wildman–Crippen MR) is 19.9 cm³/mol. The Balaban J connectivity index is -0.0000000800. The second-order valence-corrected chi connectivity index (χ2v) is 1.34. The first-order valence-electron chi connectivity index (χ1n) is 0.698. The van der Waals surface area contributed by atoms with Gasteiger partial charge in [0.05, 0.1) is 0 Å². The van der Waals surface area contributed by atoms with Crippen molar-refractivity contribution in [2.75, 3.05) is 0 Å². The van der Waals surface area contributed by atoms with Gasteiger partial charge in [0.25, 0.3) is 0 Å². The third-order valence-electron chi connectivity index (χ3n) is 0. The molecule has 0 aromatic heterocycles. The van der Waals surface area contributed by atoms with Gasteiger partial charge in [-0.25, -0.2) is 0 Å². The third-order valence-corrected chi connectivity index (χ3v) is 0. The molecule has 0 rings (SSSR count). The molecule has 0 aromatic carbocycles. The summed E-state index contributed by atoms with van der Waals surface area (Å²) in [4.78, 5) is 0. The van der Waals surface area contributed by atoms with Gasteiger partial charge in [-0.15, -0.1) is 0 Å². The van der Waals surface area contributed by atoms with Crippen molar-refractivity contribution in [2.45, 2.75) is 0 Å². The van der Waals surface area contributed by atoms with E-state index in [9.17, 15) is 0 Å². The minimum absolute atomic E-state index is 0. The average molecular weight is 265 g/mol. The minimum Gasteiger partial charge on any atom is -0.264 e. The first-order valence-corrected chi connectivity index (χ1v) is 2.10. The second kappa shape index (κ2) is 5.99. The van der Waals surface area contributed by atoms with Gasteiger partial charge in [0.15, 0.2) is 0 Å². The van der Waals surface area contributed by atoms with Gasteiger partial charge in [0.2, 0.25) is 0 Å². The van der Waals surface area contributed by atoms with Crippen LogP contribution < -0.4 is 24.0 Å². The fourth-order valence-corrected chi connectivity index (χ4v) is 0. The molecule has 7 heavy (non-hydrogen) atoms. The quantitative estimate of drug-likeness (QED) is 0.266. The summed E-state index contributed by atoms with van der Waals surface area (Å²) in [6, 6.07) is 0. The Morgan fingerprint density at radius 2 is 1.14 bits per heavy atom. The second-order valence-electron chi connectivity index (χ2n) is 0.448. The van der Waals surface area contributed by atoms with Gasteiger partial charge < -0.3 is 0 Å². The van der Waals surface area contributed by atoms with Crippen molar-refractivity contribution in [1.29, 1.82) is 0 Å². The molecule has 0 atom stereocenters. The topological polar surface area (TPSA) is 74.6 Å². The molecular weight excluding hydrogens is 263 g/mol. The summed E-state index contributed by atoms with van der Waals surface area (Å²) in [5, 5.41) is 0. The van der Waals surface area contributed by atoms with Gasteiger partial charge in [-0.05, 0) is 0 Å². The van der Waals surface area contributed by atoms with Crippen LogP contribution in [-0.2, 0) is 10.4 Å². The summed E-state index contributed by atoms with van der Waals surface area (Å²) in [6.07, 6.45) is 0. The van der Waals surface area contributed by atoms with Crippen LogP contribution in [0, 0.1) is 0 Å². The summed E-state index contributed by atoms with van der Waals surface area (Å²) >= 11 is 0. The summed E-state index contributed by atoms with van der Waals surface area (Å²) in [5.74, 6) is 0. The molecular formula is H2CaIO4S+3. The standard InChI is InChI=1S/Ca.I.H2O4S/c;;1-5(2,3)4/h;;(H2,1,2,3,4)/q+2;+1;. The molecule has 0 bridgehead atoms. The number of hydrogen-bond donors (Lipinski definition) is 2.